The molecule has 2 heterocycles. The monoisotopic (exact) mass is 388 g/mol. The molecule has 8 heteroatoms. The highest BCUT2D eigenvalue weighted by Crippen LogP contribution is 2.22. The van der Waals surface area contributed by atoms with E-state index in [2.05, 4.69) is 15.2 Å². The molecule has 1 aromatic carbocycles. The Kier molecular flexibility index (Phi) is 6.63. The van der Waals surface area contributed by atoms with Gasteiger partial charge in [0.2, 0.25) is 11.8 Å². The molecule has 0 atom stereocenters. The summed E-state index contributed by atoms with van der Waals surface area (Å²) in [6, 6.07) is 7.41. The Balaban J connectivity index is 1.83. The average Bonchev–Trinajstić information content (AvgIpc) is 3.13. The minimum atomic E-state index is -0.0348. The van der Waals surface area contributed by atoms with Crippen molar-refractivity contribution >= 4 is 22.7 Å². The van der Waals surface area contributed by atoms with Gasteiger partial charge in [0.25, 0.3) is 5.56 Å². The van der Waals surface area contributed by atoms with Crippen LogP contribution in [0.1, 0.15) is 39.0 Å². The third kappa shape index (κ3) is 4.95. The second-order valence-corrected chi connectivity index (χ2v) is 7.32. The van der Waals surface area contributed by atoms with Gasteiger partial charge in [0.05, 0.1) is 22.8 Å². The Morgan fingerprint density at radius 3 is 2.74 bits per heavy atom. The highest BCUT2D eigenvalue weighted by Gasteiger charge is 2.13. The molecule has 2 aromatic heterocycles. The fourth-order valence-corrected chi connectivity index (χ4v) is 3.47. The van der Waals surface area contributed by atoms with Crippen LogP contribution in [0, 0.1) is 0 Å². The van der Waals surface area contributed by atoms with E-state index in [1.165, 1.54) is 11.8 Å². The number of hydrogen-bond donors (Lipinski definition) is 0. The van der Waals surface area contributed by atoms with Crippen molar-refractivity contribution in [3.05, 3.63) is 46.4 Å². The van der Waals surface area contributed by atoms with Crippen LogP contribution in [0.5, 0.6) is 0 Å². The Labute approximate surface area is 162 Å². The molecule has 144 valence electrons. The van der Waals surface area contributed by atoms with Crippen LogP contribution in [0.25, 0.3) is 10.9 Å². The fourth-order valence-electron chi connectivity index (χ4n) is 2.61. The maximum atomic E-state index is 13.0. The topological polar surface area (TPSA) is 83.0 Å². The van der Waals surface area contributed by atoms with Gasteiger partial charge in [-0.3, -0.25) is 9.36 Å². The van der Waals surface area contributed by atoms with Crippen molar-refractivity contribution in [2.45, 2.75) is 57.2 Å². The Bertz CT molecular complexity index is 952. The molecule has 0 spiro atoms. The van der Waals surface area contributed by atoms with E-state index in [4.69, 9.17) is 9.15 Å². The van der Waals surface area contributed by atoms with Gasteiger partial charge in [-0.05, 0) is 32.4 Å². The molecule has 3 aromatic rings. The number of hydrogen-bond acceptors (Lipinski definition) is 7. The number of fused-ring (bicyclic) bond motifs is 1. The predicted molar refractivity (Wildman–Crippen MR) is 105 cm³/mol. The molecule has 0 N–H and O–H groups in total. The lowest BCUT2D eigenvalue weighted by molar-refractivity contribution is 0.0743. The lowest BCUT2D eigenvalue weighted by atomic mass is 10.2. The van der Waals surface area contributed by atoms with Crippen LogP contribution in [-0.4, -0.2) is 32.5 Å². The molecule has 0 fully saturated rings. The standard InChI is InChI=1S/C19H24N4O3S/c1-4-16-21-22-17(26-16)12-27-19-20-15-9-6-5-8-14(15)18(24)23(19)10-7-11-25-13(2)3/h5-6,8-9,13H,4,7,10-12H2,1-3H3. The summed E-state index contributed by atoms with van der Waals surface area (Å²) in [4.78, 5) is 17.6. The summed E-state index contributed by atoms with van der Waals surface area (Å²) in [7, 11) is 0. The van der Waals surface area contributed by atoms with E-state index >= 15 is 0 Å². The van der Waals surface area contributed by atoms with E-state index in [9.17, 15) is 4.79 Å². The molecular formula is C19H24N4O3S. The molecule has 0 amide bonds. The first-order valence-corrected chi connectivity index (χ1v) is 10.1. The van der Waals surface area contributed by atoms with Gasteiger partial charge < -0.3 is 9.15 Å². The highest BCUT2D eigenvalue weighted by atomic mass is 32.2. The second-order valence-electron chi connectivity index (χ2n) is 6.37. The molecule has 0 saturated carbocycles. The zero-order chi connectivity index (χ0) is 19.2. The number of ether oxygens (including phenoxy) is 1. The summed E-state index contributed by atoms with van der Waals surface area (Å²) in [6.45, 7) is 7.12. The molecule has 27 heavy (non-hydrogen) atoms. The van der Waals surface area contributed by atoms with Crippen LogP contribution in [0.15, 0.2) is 38.6 Å². The van der Waals surface area contributed by atoms with E-state index in [-0.39, 0.29) is 11.7 Å². The lowest BCUT2D eigenvalue weighted by Crippen LogP contribution is -2.24. The molecule has 7 nitrogen and oxygen atoms in total. The molecular weight excluding hydrogens is 364 g/mol. The number of thioether (sulfide) groups is 1. The minimum Gasteiger partial charge on any atom is -0.424 e. The summed E-state index contributed by atoms with van der Waals surface area (Å²) in [6.07, 6.45) is 1.62. The van der Waals surface area contributed by atoms with Crippen LogP contribution < -0.4 is 5.56 Å². The summed E-state index contributed by atoms with van der Waals surface area (Å²) < 4.78 is 12.9. The summed E-state index contributed by atoms with van der Waals surface area (Å²) in [5, 5.41) is 9.29. The molecule has 0 aliphatic rings. The summed E-state index contributed by atoms with van der Waals surface area (Å²) in [5.74, 6) is 1.62. The van der Waals surface area contributed by atoms with Gasteiger partial charge in [-0.1, -0.05) is 30.8 Å². The van der Waals surface area contributed by atoms with E-state index in [1.54, 1.807) is 4.57 Å². The molecule has 0 aliphatic carbocycles. The van der Waals surface area contributed by atoms with Crippen molar-refractivity contribution in [1.82, 2.24) is 19.7 Å². The Morgan fingerprint density at radius 2 is 2.00 bits per heavy atom. The van der Waals surface area contributed by atoms with Crippen LogP contribution in [0.3, 0.4) is 0 Å². The van der Waals surface area contributed by atoms with E-state index < -0.39 is 0 Å². The maximum Gasteiger partial charge on any atom is 0.262 e. The smallest absolute Gasteiger partial charge is 0.262 e. The molecule has 0 bridgehead atoms. The van der Waals surface area contributed by atoms with Gasteiger partial charge in [0.15, 0.2) is 5.16 Å². The Hall–Kier alpha value is -2.19. The van der Waals surface area contributed by atoms with Crippen LogP contribution in [0.4, 0.5) is 0 Å². The van der Waals surface area contributed by atoms with Crippen molar-refractivity contribution in [3.63, 3.8) is 0 Å². The van der Waals surface area contributed by atoms with Gasteiger partial charge in [0.1, 0.15) is 0 Å². The summed E-state index contributed by atoms with van der Waals surface area (Å²) in [5.41, 5.74) is 0.659. The zero-order valence-electron chi connectivity index (χ0n) is 15.8. The first-order chi connectivity index (χ1) is 13.1. The lowest BCUT2D eigenvalue weighted by Gasteiger charge is -2.13. The molecule has 0 unspecified atom stereocenters. The van der Waals surface area contributed by atoms with Gasteiger partial charge in [-0.2, -0.15) is 0 Å². The molecule has 0 radical (unpaired) electrons. The maximum absolute atomic E-state index is 13.0. The first kappa shape index (κ1) is 19.6. The highest BCUT2D eigenvalue weighted by molar-refractivity contribution is 7.98. The predicted octanol–water partition coefficient (Wildman–Crippen LogP) is 3.45. The fraction of sp³-hybridized carbons (Fsp3) is 0.474. The van der Waals surface area contributed by atoms with Crippen molar-refractivity contribution in [2.75, 3.05) is 6.61 Å². The SMILES string of the molecule is CCc1nnc(CSc2nc3ccccc3c(=O)n2CCCOC(C)C)o1. The van der Waals surface area contributed by atoms with Gasteiger partial charge in [-0.15, -0.1) is 10.2 Å². The van der Waals surface area contributed by atoms with E-state index in [0.717, 1.165) is 6.42 Å². The van der Waals surface area contributed by atoms with Gasteiger partial charge in [-0.25, -0.2) is 4.98 Å². The largest absolute Gasteiger partial charge is 0.424 e. The molecule has 3 rings (SSSR count). The van der Waals surface area contributed by atoms with E-state index in [0.29, 0.717) is 53.2 Å². The van der Waals surface area contributed by atoms with Crippen LogP contribution in [0.2, 0.25) is 0 Å². The number of aromatic nitrogens is 4. The first-order valence-electron chi connectivity index (χ1n) is 9.13. The quantitative estimate of drug-likeness (QED) is 0.315. The number of nitrogens with zero attached hydrogens (tertiary/aromatic N) is 4. The van der Waals surface area contributed by atoms with Crippen LogP contribution in [-0.2, 0) is 23.5 Å². The minimum absolute atomic E-state index is 0.0348. The van der Waals surface area contributed by atoms with Crippen molar-refractivity contribution < 1.29 is 9.15 Å². The van der Waals surface area contributed by atoms with Gasteiger partial charge >= 0.3 is 0 Å². The van der Waals surface area contributed by atoms with Crippen molar-refractivity contribution in [2.24, 2.45) is 0 Å². The second kappa shape index (κ2) is 9.14. The van der Waals surface area contributed by atoms with Crippen molar-refractivity contribution in [3.8, 4) is 0 Å². The van der Waals surface area contributed by atoms with E-state index in [1.807, 2.05) is 45.0 Å². The third-order valence-corrected chi connectivity index (χ3v) is 4.90. The number of benzene rings is 1. The van der Waals surface area contributed by atoms with Crippen molar-refractivity contribution in [1.29, 1.82) is 0 Å². The van der Waals surface area contributed by atoms with Gasteiger partial charge in [0, 0.05) is 19.6 Å². The summed E-state index contributed by atoms with van der Waals surface area (Å²) >= 11 is 1.43. The molecule has 0 saturated heterocycles. The third-order valence-electron chi connectivity index (χ3n) is 3.94. The number of aryl methyl sites for hydroxylation is 1. The normalized spacial score (nSPS) is 11.6. The zero-order valence-corrected chi connectivity index (χ0v) is 16.7. The van der Waals surface area contributed by atoms with Crippen LogP contribution >= 0.6 is 11.8 Å². The molecule has 0 aliphatic heterocycles. The number of rotatable bonds is 9. The average molecular weight is 388 g/mol. The Morgan fingerprint density at radius 1 is 1.22 bits per heavy atom. The number of para-hydroxylation sites is 1.